The van der Waals surface area contributed by atoms with Gasteiger partial charge in [0.05, 0.1) is 17.5 Å². The van der Waals surface area contributed by atoms with E-state index in [0.717, 1.165) is 41.8 Å². The maximum Gasteiger partial charge on any atom is 0.226 e. The molecule has 22 heavy (non-hydrogen) atoms. The van der Waals surface area contributed by atoms with Crippen LogP contribution in [-0.4, -0.2) is 34.0 Å². The lowest BCUT2D eigenvalue weighted by molar-refractivity contribution is -0.129. The number of aryl methyl sites for hydroxylation is 1. The number of benzene rings is 1. The van der Waals surface area contributed by atoms with Gasteiger partial charge in [0.2, 0.25) is 5.91 Å². The summed E-state index contributed by atoms with van der Waals surface area (Å²) in [7, 11) is 3.93. The Kier molecular flexibility index (Phi) is 5.22. The van der Waals surface area contributed by atoms with Gasteiger partial charge in [-0.15, -0.1) is 0 Å². The number of aromatic nitrogens is 2. The Morgan fingerprint density at radius 1 is 1.36 bits per heavy atom. The van der Waals surface area contributed by atoms with Crippen LogP contribution in [0.4, 0.5) is 0 Å². The van der Waals surface area contributed by atoms with E-state index in [0.29, 0.717) is 12.3 Å². The summed E-state index contributed by atoms with van der Waals surface area (Å²) >= 11 is 0. The van der Waals surface area contributed by atoms with Crippen molar-refractivity contribution in [2.24, 2.45) is 7.05 Å². The second-order valence-corrected chi connectivity index (χ2v) is 6.35. The van der Waals surface area contributed by atoms with Crippen LogP contribution in [0, 0.1) is 0 Å². The van der Waals surface area contributed by atoms with E-state index in [2.05, 4.69) is 31.4 Å². The normalized spacial score (nSPS) is 11.4. The average molecular weight is 301 g/mol. The third-order valence-corrected chi connectivity index (χ3v) is 4.12. The molecule has 0 aliphatic rings. The van der Waals surface area contributed by atoms with Gasteiger partial charge in [-0.1, -0.05) is 33.3 Å². The number of amides is 1. The zero-order chi connectivity index (χ0) is 16.3. The summed E-state index contributed by atoms with van der Waals surface area (Å²) in [4.78, 5) is 18.8. The van der Waals surface area contributed by atoms with Crippen LogP contribution in [0.25, 0.3) is 11.0 Å². The molecule has 4 nitrogen and oxygen atoms in total. The van der Waals surface area contributed by atoms with Crippen molar-refractivity contribution in [2.75, 3.05) is 13.6 Å². The molecule has 0 fully saturated rings. The maximum absolute atomic E-state index is 12.2. The fraction of sp³-hybridized carbons (Fsp3) is 0.556. The molecule has 4 heteroatoms. The molecule has 0 unspecified atom stereocenters. The fourth-order valence-electron chi connectivity index (χ4n) is 2.72. The van der Waals surface area contributed by atoms with Gasteiger partial charge in [-0.3, -0.25) is 4.79 Å². The van der Waals surface area contributed by atoms with Gasteiger partial charge in [0.25, 0.3) is 0 Å². The Morgan fingerprint density at radius 3 is 2.73 bits per heavy atom. The van der Waals surface area contributed by atoms with Gasteiger partial charge in [0.1, 0.15) is 5.82 Å². The van der Waals surface area contributed by atoms with Crippen LogP contribution < -0.4 is 0 Å². The lowest BCUT2D eigenvalue weighted by Crippen LogP contribution is -2.29. The first-order chi connectivity index (χ1) is 10.4. The molecule has 2 aromatic rings. The predicted octanol–water partition coefficient (Wildman–Crippen LogP) is 3.50. The van der Waals surface area contributed by atoms with Crippen molar-refractivity contribution in [3.05, 3.63) is 29.6 Å². The number of unbranched alkanes of at least 4 members (excludes halogenated alkanes) is 1. The van der Waals surface area contributed by atoms with E-state index in [1.807, 2.05) is 31.1 Å². The van der Waals surface area contributed by atoms with Crippen molar-refractivity contribution in [1.29, 1.82) is 0 Å². The summed E-state index contributed by atoms with van der Waals surface area (Å²) < 4.78 is 2.14. The molecule has 0 radical (unpaired) electrons. The van der Waals surface area contributed by atoms with Crippen molar-refractivity contribution in [3.63, 3.8) is 0 Å². The first-order valence-electron chi connectivity index (χ1n) is 8.13. The molecule has 120 valence electrons. The Hall–Kier alpha value is -1.84. The lowest BCUT2D eigenvalue weighted by Gasteiger charge is -2.16. The topological polar surface area (TPSA) is 38.1 Å². The molecule has 0 aliphatic carbocycles. The van der Waals surface area contributed by atoms with Crippen LogP contribution in [0.2, 0.25) is 0 Å². The van der Waals surface area contributed by atoms with Gasteiger partial charge >= 0.3 is 0 Å². The number of carbonyl (C=O) groups is 1. The summed E-state index contributed by atoms with van der Waals surface area (Å²) in [6.45, 7) is 7.26. The Bertz CT molecular complexity index is 658. The van der Waals surface area contributed by atoms with Crippen molar-refractivity contribution >= 4 is 16.9 Å². The fourth-order valence-corrected chi connectivity index (χ4v) is 2.72. The Labute approximate surface area is 133 Å². The van der Waals surface area contributed by atoms with Crippen LogP contribution in [-0.2, 0) is 18.3 Å². The molecule has 1 amide bonds. The number of likely N-dealkylation sites (N-methyl/N-ethyl adjacent to an activating group) is 1. The molecule has 0 aliphatic heterocycles. The molecular formula is C18H27N3O. The molecule has 0 N–H and O–H groups in total. The van der Waals surface area contributed by atoms with Crippen LogP contribution in [0.3, 0.4) is 0 Å². The van der Waals surface area contributed by atoms with Gasteiger partial charge in [0.15, 0.2) is 0 Å². The van der Waals surface area contributed by atoms with E-state index in [1.165, 1.54) is 0 Å². The van der Waals surface area contributed by atoms with Crippen molar-refractivity contribution in [1.82, 2.24) is 14.5 Å². The van der Waals surface area contributed by atoms with Gasteiger partial charge in [-0.25, -0.2) is 4.98 Å². The lowest BCUT2D eigenvalue weighted by atomic mass is 10.1. The summed E-state index contributed by atoms with van der Waals surface area (Å²) in [5.74, 6) is 1.65. The quantitative estimate of drug-likeness (QED) is 0.819. The highest BCUT2D eigenvalue weighted by molar-refractivity contribution is 5.82. The third kappa shape index (κ3) is 3.49. The second kappa shape index (κ2) is 6.95. The third-order valence-electron chi connectivity index (χ3n) is 4.12. The SMILES string of the molecule is CCCCN(C)C(=O)Cc1ccc2c(c1)nc(C(C)C)n2C. The van der Waals surface area contributed by atoms with E-state index in [1.54, 1.807) is 0 Å². The number of imidazole rings is 1. The minimum Gasteiger partial charge on any atom is -0.345 e. The molecule has 1 aromatic carbocycles. The predicted molar refractivity (Wildman–Crippen MR) is 91.1 cm³/mol. The summed E-state index contributed by atoms with van der Waals surface area (Å²) in [5.41, 5.74) is 3.14. The highest BCUT2D eigenvalue weighted by Crippen LogP contribution is 2.21. The van der Waals surface area contributed by atoms with Crippen LogP contribution in [0.5, 0.6) is 0 Å². The minimum absolute atomic E-state index is 0.174. The molecular weight excluding hydrogens is 274 g/mol. The van der Waals surface area contributed by atoms with E-state index in [4.69, 9.17) is 4.98 Å². The number of fused-ring (bicyclic) bond motifs is 1. The largest absolute Gasteiger partial charge is 0.345 e. The first kappa shape index (κ1) is 16.5. The molecule has 2 rings (SSSR count). The summed E-state index contributed by atoms with van der Waals surface area (Å²) in [6.07, 6.45) is 2.61. The van der Waals surface area contributed by atoms with Crippen LogP contribution >= 0.6 is 0 Å². The van der Waals surface area contributed by atoms with Crippen molar-refractivity contribution in [2.45, 2.75) is 46.0 Å². The molecule has 0 saturated heterocycles. The van der Waals surface area contributed by atoms with E-state index in [9.17, 15) is 4.79 Å². The molecule has 1 heterocycles. The van der Waals surface area contributed by atoms with Gasteiger partial charge in [0, 0.05) is 26.6 Å². The van der Waals surface area contributed by atoms with Gasteiger partial charge in [-0.2, -0.15) is 0 Å². The zero-order valence-electron chi connectivity index (χ0n) is 14.4. The second-order valence-electron chi connectivity index (χ2n) is 6.35. The number of carbonyl (C=O) groups excluding carboxylic acids is 1. The Balaban J connectivity index is 2.17. The number of rotatable bonds is 6. The maximum atomic E-state index is 12.2. The Morgan fingerprint density at radius 2 is 2.09 bits per heavy atom. The minimum atomic E-state index is 0.174. The number of hydrogen-bond donors (Lipinski definition) is 0. The summed E-state index contributed by atoms with van der Waals surface area (Å²) in [5, 5.41) is 0. The molecule has 1 aromatic heterocycles. The van der Waals surface area contributed by atoms with Crippen molar-refractivity contribution < 1.29 is 4.79 Å². The van der Waals surface area contributed by atoms with Gasteiger partial charge in [-0.05, 0) is 24.1 Å². The van der Waals surface area contributed by atoms with Gasteiger partial charge < -0.3 is 9.47 Å². The first-order valence-corrected chi connectivity index (χ1v) is 8.13. The van der Waals surface area contributed by atoms with E-state index < -0.39 is 0 Å². The zero-order valence-corrected chi connectivity index (χ0v) is 14.4. The highest BCUT2D eigenvalue weighted by atomic mass is 16.2. The van der Waals surface area contributed by atoms with E-state index in [-0.39, 0.29) is 5.91 Å². The van der Waals surface area contributed by atoms with Crippen LogP contribution in [0.15, 0.2) is 18.2 Å². The smallest absolute Gasteiger partial charge is 0.226 e. The molecule has 0 saturated carbocycles. The monoisotopic (exact) mass is 301 g/mol. The summed E-state index contributed by atoms with van der Waals surface area (Å²) in [6, 6.07) is 6.16. The molecule has 0 bridgehead atoms. The van der Waals surface area contributed by atoms with E-state index >= 15 is 0 Å². The van der Waals surface area contributed by atoms with Crippen LogP contribution in [0.1, 0.15) is 50.9 Å². The molecule has 0 atom stereocenters. The molecule has 0 spiro atoms. The number of nitrogens with zero attached hydrogens (tertiary/aromatic N) is 3. The number of hydrogen-bond acceptors (Lipinski definition) is 2. The highest BCUT2D eigenvalue weighted by Gasteiger charge is 2.13. The van der Waals surface area contributed by atoms with Crippen molar-refractivity contribution in [3.8, 4) is 0 Å². The standard InChI is InChI=1S/C18H27N3O/c1-6-7-10-20(4)17(22)12-14-8-9-16-15(11-14)19-18(13(2)3)21(16)5/h8-9,11,13H,6-7,10,12H2,1-5H3. The average Bonchev–Trinajstić information content (AvgIpc) is 2.81.